The monoisotopic (exact) mass is 408 g/mol. The van der Waals surface area contributed by atoms with Gasteiger partial charge in [-0.2, -0.15) is 0 Å². The largest absolute Gasteiger partial charge is 0.494 e. The van der Waals surface area contributed by atoms with Crippen molar-refractivity contribution in [2.45, 2.75) is 40.0 Å². The molecule has 0 aliphatic carbocycles. The summed E-state index contributed by atoms with van der Waals surface area (Å²) < 4.78 is 5.72. The van der Waals surface area contributed by atoms with E-state index in [1.54, 1.807) is 0 Å². The molecule has 3 rings (SSSR count). The van der Waals surface area contributed by atoms with Gasteiger partial charge in [0.15, 0.2) is 0 Å². The highest BCUT2D eigenvalue weighted by Crippen LogP contribution is 2.15. The molecule has 0 saturated carbocycles. The molecule has 0 radical (unpaired) electrons. The van der Waals surface area contributed by atoms with Crippen molar-refractivity contribution in [2.75, 3.05) is 32.8 Å². The first kappa shape index (κ1) is 21.9. The number of hydrogen-bond donors (Lipinski definition) is 0. The Morgan fingerprint density at radius 2 is 1.57 bits per heavy atom. The van der Waals surface area contributed by atoms with E-state index in [1.807, 2.05) is 73.0 Å². The number of carbonyl (C=O) groups is 2. The second-order valence-corrected chi connectivity index (χ2v) is 8.09. The number of carbonyl (C=O) groups excluding carboxylic acids is 2. The molecule has 2 amide bonds. The van der Waals surface area contributed by atoms with E-state index in [0.717, 1.165) is 23.3 Å². The van der Waals surface area contributed by atoms with E-state index in [2.05, 4.69) is 0 Å². The lowest BCUT2D eigenvalue weighted by atomic mass is 10.1. The molecule has 0 atom stereocenters. The lowest BCUT2D eigenvalue weighted by Gasteiger charge is -2.22. The smallest absolute Gasteiger partial charge is 0.253 e. The maximum absolute atomic E-state index is 12.9. The summed E-state index contributed by atoms with van der Waals surface area (Å²) in [6.07, 6.45) is 1.97. The van der Waals surface area contributed by atoms with Gasteiger partial charge in [-0.15, -0.1) is 0 Å². The van der Waals surface area contributed by atoms with Gasteiger partial charge in [0.2, 0.25) is 5.91 Å². The summed E-state index contributed by atoms with van der Waals surface area (Å²) in [4.78, 5) is 29.2. The van der Waals surface area contributed by atoms with Crippen LogP contribution < -0.4 is 4.74 Å². The zero-order valence-electron chi connectivity index (χ0n) is 18.3. The minimum absolute atomic E-state index is 0.0545. The number of benzene rings is 2. The van der Waals surface area contributed by atoms with Crippen LogP contribution in [0.2, 0.25) is 0 Å². The van der Waals surface area contributed by atoms with Crippen molar-refractivity contribution in [3.8, 4) is 5.75 Å². The molecule has 0 bridgehead atoms. The van der Waals surface area contributed by atoms with Crippen LogP contribution in [0.1, 0.15) is 46.3 Å². The predicted octanol–water partition coefficient (Wildman–Crippen LogP) is 4.15. The van der Waals surface area contributed by atoms with Crippen molar-refractivity contribution >= 4 is 11.8 Å². The first-order valence-electron chi connectivity index (χ1n) is 10.8. The van der Waals surface area contributed by atoms with E-state index < -0.39 is 0 Å². The maximum atomic E-state index is 12.9. The molecule has 5 nitrogen and oxygen atoms in total. The highest BCUT2D eigenvalue weighted by molar-refractivity contribution is 5.94. The van der Waals surface area contributed by atoms with Crippen LogP contribution in [-0.2, 0) is 4.79 Å². The summed E-state index contributed by atoms with van der Waals surface area (Å²) in [6.45, 7) is 9.20. The molecule has 1 aliphatic rings. The van der Waals surface area contributed by atoms with Crippen molar-refractivity contribution < 1.29 is 14.3 Å². The van der Waals surface area contributed by atoms with E-state index >= 15 is 0 Å². The van der Waals surface area contributed by atoms with Crippen LogP contribution in [0.25, 0.3) is 0 Å². The zero-order valence-corrected chi connectivity index (χ0v) is 18.3. The lowest BCUT2D eigenvalue weighted by Crippen LogP contribution is -2.37. The minimum Gasteiger partial charge on any atom is -0.494 e. The third-order valence-corrected chi connectivity index (χ3v) is 5.71. The second-order valence-electron chi connectivity index (χ2n) is 8.09. The van der Waals surface area contributed by atoms with Crippen molar-refractivity contribution in [3.05, 3.63) is 64.7 Å². The minimum atomic E-state index is 0.0545. The molecule has 1 fully saturated rings. The zero-order chi connectivity index (χ0) is 21.5. The van der Waals surface area contributed by atoms with Gasteiger partial charge in [0.05, 0.1) is 6.61 Å². The SMILES string of the molecule is Cc1ccc(OCCCC(=O)N2CCCN(C(=O)c3ccc(C)c(C)c3)CC2)cc1. The Hall–Kier alpha value is -2.82. The summed E-state index contributed by atoms with van der Waals surface area (Å²) in [7, 11) is 0. The Kier molecular flexibility index (Phi) is 7.50. The van der Waals surface area contributed by atoms with E-state index in [4.69, 9.17) is 4.74 Å². The number of ether oxygens (including phenoxy) is 1. The van der Waals surface area contributed by atoms with E-state index in [-0.39, 0.29) is 11.8 Å². The van der Waals surface area contributed by atoms with Gasteiger partial charge in [-0.05, 0) is 69.0 Å². The number of aryl methyl sites for hydroxylation is 3. The van der Waals surface area contributed by atoms with Crippen LogP contribution in [0.3, 0.4) is 0 Å². The van der Waals surface area contributed by atoms with E-state index in [0.29, 0.717) is 45.6 Å². The van der Waals surface area contributed by atoms with Crippen molar-refractivity contribution in [3.63, 3.8) is 0 Å². The summed E-state index contributed by atoms with van der Waals surface area (Å²) in [5, 5.41) is 0. The average molecular weight is 409 g/mol. The molecular weight excluding hydrogens is 376 g/mol. The Bertz CT molecular complexity index is 876. The van der Waals surface area contributed by atoms with Crippen molar-refractivity contribution in [2.24, 2.45) is 0 Å². The molecule has 1 heterocycles. The average Bonchev–Trinajstić information content (AvgIpc) is 3.00. The molecule has 2 aromatic rings. The predicted molar refractivity (Wildman–Crippen MR) is 119 cm³/mol. The topological polar surface area (TPSA) is 49.9 Å². The van der Waals surface area contributed by atoms with E-state index in [9.17, 15) is 9.59 Å². The van der Waals surface area contributed by atoms with Gasteiger partial charge in [0, 0.05) is 38.2 Å². The molecule has 30 heavy (non-hydrogen) atoms. The first-order chi connectivity index (χ1) is 14.4. The third-order valence-electron chi connectivity index (χ3n) is 5.71. The molecule has 2 aromatic carbocycles. The van der Waals surface area contributed by atoms with Gasteiger partial charge < -0.3 is 14.5 Å². The molecular formula is C25H32N2O3. The highest BCUT2D eigenvalue weighted by Gasteiger charge is 2.22. The first-order valence-corrected chi connectivity index (χ1v) is 10.8. The lowest BCUT2D eigenvalue weighted by molar-refractivity contribution is -0.131. The summed E-state index contributed by atoms with van der Waals surface area (Å²) in [5.41, 5.74) is 4.24. The van der Waals surface area contributed by atoms with Crippen LogP contribution in [0, 0.1) is 20.8 Å². The molecule has 0 N–H and O–H groups in total. The van der Waals surface area contributed by atoms with Crippen LogP contribution >= 0.6 is 0 Å². The maximum Gasteiger partial charge on any atom is 0.253 e. The third kappa shape index (κ3) is 5.85. The second kappa shape index (κ2) is 10.3. The van der Waals surface area contributed by atoms with E-state index in [1.165, 1.54) is 11.1 Å². The molecule has 1 saturated heterocycles. The van der Waals surface area contributed by atoms with Gasteiger partial charge >= 0.3 is 0 Å². The standard InChI is InChI=1S/C25H32N2O3/c1-19-7-11-23(12-8-19)30-17-4-6-24(28)26-13-5-14-27(16-15-26)25(29)22-10-9-20(2)21(3)18-22/h7-12,18H,4-6,13-17H2,1-3H3. The van der Waals surface area contributed by atoms with Crippen LogP contribution in [-0.4, -0.2) is 54.4 Å². The molecule has 160 valence electrons. The molecule has 5 heteroatoms. The Balaban J connectivity index is 1.44. The molecule has 1 aliphatic heterocycles. The summed E-state index contributed by atoms with van der Waals surface area (Å²) >= 11 is 0. The van der Waals surface area contributed by atoms with Crippen molar-refractivity contribution in [1.29, 1.82) is 0 Å². The van der Waals surface area contributed by atoms with Gasteiger partial charge in [-0.1, -0.05) is 23.8 Å². The Morgan fingerprint density at radius 1 is 0.867 bits per heavy atom. The fourth-order valence-corrected chi connectivity index (χ4v) is 3.63. The Morgan fingerprint density at radius 3 is 2.30 bits per heavy atom. The number of rotatable bonds is 6. The normalized spacial score (nSPS) is 14.4. The number of amides is 2. The van der Waals surface area contributed by atoms with Crippen LogP contribution in [0.5, 0.6) is 5.75 Å². The summed E-state index contributed by atoms with van der Waals surface area (Å²) in [6, 6.07) is 13.8. The number of nitrogens with zero attached hydrogens (tertiary/aromatic N) is 2. The number of hydrogen-bond acceptors (Lipinski definition) is 3. The molecule has 0 aromatic heterocycles. The van der Waals surface area contributed by atoms with Crippen LogP contribution in [0.15, 0.2) is 42.5 Å². The molecule has 0 spiro atoms. The quantitative estimate of drug-likeness (QED) is 0.675. The fraction of sp³-hybridized carbons (Fsp3) is 0.440. The van der Waals surface area contributed by atoms with Gasteiger partial charge in [0.25, 0.3) is 5.91 Å². The van der Waals surface area contributed by atoms with Crippen LogP contribution in [0.4, 0.5) is 0 Å². The highest BCUT2D eigenvalue weighted by atomic mass is 16.5. The van der Waals surface area contributed by atoms with Crippen molar-refractivity contribution in [1.82, 2.24) is 9.80 Å². The Labute approximate surface area is 179 Å². The summed E-state index contributed by atoms with van der Waals surface area (Å²) in [5.74, 6) is 1.03. The van der Waals surface area contributed by atoms with Gasteiger partial charge in [-0.25, -0.2) is 0 Å². The van der Waals surface area contributed by atoms with Gasteiger partial charge in [-0.3, -0.25) is 9.59 Å². The molecule has 0 unspecified atom stereocenters. The van der Waals surface area contributed by atoms with Gasteiger partial charge in [0.1, 0.15) is 5.75 Å². The fourth-order valence-electron chi connectivity index (χ4n) is 3.63.